The molecule has 84 valence electrons. The van der Waals surface area contributed by atoms with Gasteiger partial charge in [-0.2, -0.15) is 0 Å². The van der Waals surface area contributed by atoms with Gasteiger partial charge in [-0.05, 0) is 31.0 Å². The molecule has 0 aliphatic heterocycles. The Kier molecular flexibility index (Phi) is 4.86. The zero-order valence-electron chi connectivity index (χ0n) is 8.55. The van der Waals surface area contributed by atoms with Crippen molar-refractivity contribution >= 4 is 23.4 Å². The fraction of sp³-hybridized carbons (Fsp3) is 0.400. The monoisotopic (exact) mass is 249 g/mol. The van der Waals surface area contributed by atoms with Crippen LogP contribution < -0.4 is 5.32 Å². The van der Waals surface area contributed by atoms with E-state index in [4.69, 9.17) is 11.6 Å². The van der Waals surface area contributed by atoms with Gasteiger partial charge in [-0.25, -0.2) is 4.39 Å². The van der Waals surface area contributed by atoms with Crippen LogP contribution in [0.4, 0.5) is 4.39 Å². The quantitative estimate of drug-likeness (QED) is 0.804. The van der Waals surface area contributed by atoms with Crippen LogP contribution in [-0.2, 0) is 0 Å². The van der Waals surface area contributed by atoms with Crippen LogP contribution in [-0.4, -0.2) is 25.0 Å². The van der Waals surface area contributed by atoms with Crippen LogP contribution in [0.25, 0.3) is 0 Å². The van der Waals surface area contributed by atoms with Gasteiger partial charge >= 0.3 is 0 Å². The van der Waals surface area contributed by atoms with Crippen LogP contribution in [0.15, 0.2) is 17.0 Å². The van der Waals surface area contributed by atoms with Crippen LogP contribution in [0.5, 0.6) is 0 Å². The smallest absolute Gasteiger partial charge is 0.138 e. The van der Waals surface area contributed by atoms with E-state index in [0.717, 1.165) is 0 Å². The first kappa shape index (κ1) is 12.8. The Balaban J connectivity index is 3.02. The summed E-state index contributed by atoms with van der Waals surface area (Å²) in [5.74, 6) is -0.389. The van der Waals surface area contributed by atoms with Gasteiger partial charge in [0.15, 0.2) is 0 Å². The molecule has 0 aromatic heterocycles. The van der Waals surface area contributed by atoms with Gasteiger partial charge in [0, 0.05) is 6.54 Å². The molecular formula is C10H13ClFNOS. The second kappa shape index (κ2) is 5.70. The average Bonchev–Trinajstić information content (AvgIpc) is 2.17. The summed E-state index contributed by atoms with van der Waals surface area (Å²) >= 11 is 7.14. The molecule has 0 heterocycles. The van der Waals surface area contributed by atoms with Crippen LogP contribution in [0, 0.1) is 5.82 Å². The van der Waals surface area contributed by atoms with Crippen molar-refractivity contribution in [2.75, 3.05) is 19.8 Å². The van der Waals surface area contributed by atoms with Gasteiger partial charge in [-0.3, -0.25) is 0 Å². The number of nitrogens with one attached hydrogen (secondary N) is 1. The third-order valence-corrected chi connectivity index (χ3v) is 3.24. The first-order valence-corrected chi connectivity index (χ1v) is 6.06. The topological polar surface area (TPSA) is 32.3 Å². The number of rotatable bonds is 4. The molecule has 0 fully saturated rings. The minimum Gasteiger partial charge on any atom is -0.387 e. The molecule has 5 heteroatoms. The van der Waals surface area contributed by atoms with Gasteiger partial charge in [0.05, 0.1) is 16.0 Å². The molecule has 0 aliphatic rings. The highest BCUT2D eigenvalue weighted by Gasteiger charge is 2.13. The molecule has 0 saturated carbocycles. The van der Waals surface area contributed by atoms with Crippen molar-refractivity contribution in [3.8, 4) is 0 Å². The van der Waals surface area contributed by atoms with Crippen LogP contribution in [0.1, 0.15) is 11.7 Å². The predicted molar refractivity (Wildman–Crippen MR) is 62.1 cm³/mol. The lowest BCUT2D eigenvalue weighted by molar-refractivity contribution is 0.177. The minimum atomic E-state index is -0.738. The Morgan fingerprint density at radius 1 is 1.60 bits per heavy atom. The molecule has 1 unspecified atom stereocenters. The Morgan fingerprint density at radius 2 is 2.27 bits per heavy atom. The standard InChI is InChI=1S/C10H13ClFNOS/c1-13-5-9(14)6-3-7(11)10(15-2)8(12)4-6/h3-4,9,13-14H,5H2,1-2H3. The third-order valence-electron chi connectivity index (χ3n) is 2.01. The maximum Gasteiger partial charge on any atom is 0.138 e. The SMILES string of the molecule is CNCC(O)c1cc(F)c(SC)c(Cl)c1. The summed E-state index contributed by atoms with van der Waals surface area (Å²) in [4.78, 5) is 0.414. The van der Waals surface area contributed by atoms with Crippen LogP contribution in [0.3, 0.4) is 0 Å². The van der Waals surface area contributed by atoms with Crippen LogP contribution in [0.2, 0.25) is 5.02 Å². The molecule has 0 amide bonds. The lowest BCUT2D eigenvalue weighted by Gasteiger charge is -2.12. The van der Waals surface area contributed by atoms with Gasteiger partial charge in [0.1, 0.15) is 5.82 Å². The molecule has 15 heavy (non-hydrogen) atoms. The Labute approximate surface area is 97.8 Å². The van der Waals surface area contributed by atoms with Crippen molar-refractivity contribution in [3.63, 3.8) is 0 Å². The van der Waals surface area contributed by atoms with Crippen molar-refractivity contribution < 1.29 is 9.50 Å². The molecule has 0 saturated heterocycles. The number of likely N-dealkylation sites (N-methyl/N-ethyl adjacent to an activating group) is 1. The van der Waals surface area contributed by atoms with E-state index < -0.39 is 6.10 Å². The van der Waals surface area contributed by atoms with Gasteiger partial charge in [-0.1, -0.05) is 11.6 Å². The summed E-state index contributed by atoms with van der Waals surface area (Å²) in [6.07, 6.45) is 1.02. The summed E-state index contributed by atoms with van der Waals surface area (Å²) in [7, 11) is 1.72. The maximum absolute atomic E-state index is 13.5. The fourth-order valence-corrected chi connectivity index (χ4v) is 2.23. The van der Waals surface area contributed by atoms with Gasteiger partial charge in [0.2, 0.25) is 0 Å². The van der Waals surface area contributed by atoms with Gasteiger partial charge < -0.3 is 10.4 Å². The lowest BCUT2D eigenvalue weighted by atomic mass is 10.1. The van der Waals surface area contributed by atoms with E-state index in [2.05, 4.69) is 5.32 Å². The molecule has 2 nitrogen and oxygen atoms in total. The second-order valence-corrected chi connectivity index (χ2v) is 4.31. The number of halogens is 2. The number of benzene rings is 1. The second-order valence-electron chi connectivity index (χ2n) is 3.09. The van der Waals surface area contributed by atoms with E-state index in [1.807, 2.05) is 0 Å². The molecule has 1 atom stereocenters. The summed E-state index contributed by atoms with van der Waals surface area (Å²) < 4.78 is 13.5. The molecule has 1 rings (SSSR count). The fourth-order valence-electron chi connectivity index (χ4n) is 1.28. The third kappa shape index (κ3) is 3.08. The normalized spacial score (nSPS) is 12.9. The van der Waals surface area contributed by atoms with E-state index in [-0.39, 0.29) is 5.82 Å². The average molecular weight is 250 g/mol. The molecule has 2 N–H and O–H groups in total. The molecule has 0 radical (unpaired) electrons. The zero-order chi connectivity index (χ0) is 11.4. The minimum absolute atomic E-state index is 0.340. The summed E-state index contributed by atoms with van der Waals surface area (Å²) in [5.41, 5.74) is 0.490. The number of thioether (sulfide) groups is 1. The summed E-state index contributed by atoms with van der Waals surface area (Å²) in [6.45, 7) is 0.369. The van der Waals surface area contributed by atoms with Crippen molar-refractivity contribution in [1.29, 1.82) is 0 Å². The van der Waals surface area contributed by atoms with Crippen molar-refractivity contribution in [1.82, 2.24) is 5.32 Å². The van der Waals surface area contributed by atoms with E-state index in [9.17, 15) is 9.50 Å². The summed E-state index contributed by atoms with van der Waals surface area (Å²) in [6, 6.07) is 2.91. The molecule has 0 bridgehead atoms. The number of hydrogen-bond donors (Lipinski definition) is 2. The Morgan fingerprint density at radius 3 is 2.73 bits per heavy atom. The van der Waals surface area contributed by atoms with E-state index in [1.165, 1.54) is 17.8 Å². The van der Waals surface area contributed by atoms with Crippen molar-refractivity contribution in [2.24, 2.45) is 0 Å². The highest BCUT2D eigenvalue weighted by Crippen LogP contribution is 2.31. The molecule has 1 aromatic rings. The highest BCUT2D eigenvalue weighted by atomic mass is 35.5. The number of aliphatic hydroxyl groups excluding tert-OH is 1. The van der Waals surface area contributed by atoms with Gasteiger partial charge in [0.25, 0.3) is 0 Å². The molecule has 1 aromatic carbocycles. The number of hydrogen-bond acceptors (Lipinski definition) is 3. The first-order chi connectivity index (χ1) is 7.10. The van der Waals surface area contributed by atoms with Crippen LogP contribution >= 0.6 is 23.4 Å². The molecule has 0 spiro atoms. The predicted octanol–water partition coefficient (Wildman–Crippen LogP) is 2.45. The molecule has 0 aliphatic carbocycles. The molecular weight excluding hydrogens is 237 g/mol. The Bertz CT molecular complexity index is 325. The van der Waals surface area contributed by atoms with Crippen molar-refractivity contribution in [3.05, 3.63) is 28.5 Å². The van der Waals surface area contributed by atoms with E-state index in [1.54, 1.807) is 19.4 Å². The van der Waals surface area contributed by atoms with E-state index in [0.29, 0.717) is 22.0 Å². The van der Waals surface area contributed by atoms with Crippen molar-refractivity contribution in [2.45, 2.75) is 11.0 Å². The summed E-state index contributed by atoms with van der Waals surface area (Å²) in [5, 5.41) is 12.8. The largest absolute Gasteiger partial charge is 0.387 e. The van der Waals surface area contributed by atoms with E-state index >= 15 is 0 Å². The zero-order valence-corrected chi connectivity index (χ0v) is 10.1. The first-order valence-electron chi connectivity index (χ1n) is 4.45. The Hall–Kier alpha value is -0.290. The number of aliphatic hydroxyl groups is 1. The highest BCUT2D eigenvalue weighted by molar-refractivity contribution is 7.98. The lowest BCUT2D eigenvalue weighted by Crippen LogP contribution is -2.16. The maximum atomic E-state index is 13.5. The van der Waals surface area contributed by atoms with Gasteiger partial charge in [-0.15, -0.1) is 11.8 Å².